The normalized spacial score (nSPS) is 19.7. The van der Waals surface area contributed by atoms with E-state index in [1.54, 1.807) is 6.07 Å². The minimum atomic E-state index is -4.57. The molecule has 12 heteroatoms. The Bertz CT molecular complexity index is 848. The van der Waals surface area contributed by atoms with Crippen molar-refractivity contribution in [2.24, 2.45) is 0 Å². The van der Waals surface area contributed by atoms with Gasteiger partial charge in [0, 0.05) is 10.5 Å². The fourth-order valence-corrected chi connectivity index (χ4v) is 5.01. The van der Waals surface area contributed by atoms with Crippen molar-refractivity contribution in [3.05, 3.63) is 76.7 Å². The molecule has 0 aromatic heterocycles. The van der Waals surface area contributed by atoms with Crippen LogP contribution < -0.4 is 0 Å². The third-order valence-electron chi connectivity index (χ3n) is 3.88. The van der Waals surface area contributed by atoms with E-state index in [1.165, 1.54) is 24.3 Å². The Labute approximate surface area is 135 Å². The average Bonchev–Trinajstić information content (AvgIpc) is 2.69. The fourth-order valence-electron chi connectivity index (χ4n) is 2.71. The number of hydrogen-bond donors (Lipinski definition) is 0. The first-order valence-electron chi connectivity index (χ1n) is 6.47. The van der Waals surface area contributed by atoms with Gasteiger partial charge in [0.2, 0.25) is 5.75 Å². The van der Waals surface area contributed by atoms with E-state index >= 15 is 0 Å². The molecule has 0 saturated carbocycles. The van der Waals surface area contributed by atoms with Crippen LogP contribution in [0.25, 0.3) is 0 Å². The summed E-state index contributed by atoms with van der Waals surface area (Å²) in [6, 6.07) is 5.01. The summed E-state index contributed by atoms with van der Waals surface area (Å²) in [6.07, 6.45) is 0. The van der Waals surface area contributed by atoms with Crippen LogP contribution in [0.4, 0.5) is 0 Å². The number of rotatable bonds is 5. The zero-order valence-corrected chi connectivity index (χ0v) is 13.0. The van der Waals surface area contributed by atoms with Gasteiger partial charge in [0.05, 0.1) is 0 Å². The molecule has 1 aliphatic heterocycles. The first-order valence-corrected chi connectivity index (χ1v) is 8.12. The molecule has 128 valence electrons. The van der Waals surface area contributed by atoms with E-state index in [9.17, 15) is 38.8 Å². The van der Waals surface area contributed by atoms with Crippen LogP contribution in [0.2, 0.25) is 0 Å². The van der Waals surface area contributed by atoms with E-state index in [1.807, 2.05) is 0 Å². The van der Waals surface area contributed by atoms with Crippen molar-refractivity contribution in [2.75, 3.05) is 5.75 Å². The first kappa shape index (κ1) is 17.5. The highest BCUT2D eigenvalue weighted by atomic mass is 32.2. The van der Waals surface area contributed by atoms with Gasteiger partial charge in [-0.05, 0) is 6.92 Å². The predicted molar refractivity (Wildman–Crippen MR) is 79.4 cm³/mol. The quantitative estimate of drug-likeness (QED) is 0.427. The molecule has 0 bridgehead atoms. The molecule has 1 aliphatic rings. The number of nitrogens with zero attached hydrogens (tertiary/aromatic N) is 3. The lowest BCUT2D eigenvalue weighted by Crippen LogP contribution is -2.49. The summed E-state index contributed by atoms with van der Waals surface area (Å²) in [5.41, 5.74) is -3.90. The molecule has 11 nitrogen and oxygen atoms in total. The lowest BCUT2D eigenvalue weighted by molar-refractivity contribution is -0.777. The van der Waals surface area contributed by atoms with Gasteiger partial charge in [0.1, 0.15) is 20.3 Å². The van der Waals surface area contributed by atoms with Crippen molar-refractivity contribution in [1.82, 2.24) is 0 Å². The third kappa shape index (κ3) is 2.40. The van der Waals surface area contributed by atoms with E-state index in [0.29, 0.717) is 0 Å². The van der Waals surface area contributed by atoms with Crippen molar-refractivity contribution in [3.8, 4) is 0 Å². The molecular formula is C12H11N3O8S. The Balaban J connectivity index is 2.82. The number of benzene rings is 1. The van der Waals surface area contributed by atoms with Crippen LogP contribution in [-0.4, -0.2) is 34.6 Å². The standard InChI is InChI=1S/C12H11N3O8S/c1-8-11(10(13(16)17)9-5-3-2-4-6-9)24(22,23)7-12(8,14(18)19)15(20)21/h2-6,10H,7H2,1H3. The first-order chi connectivity index (χ1) is 11.1. The maximum absolute atomic E-state index is 12.3. The van der Waals surface area contributed by atoms with Gasteiger partial charge in [-0.1, -0.05) is 30.3 Å². The summed E-state index contributed by atoms with van der Waals surface area (Å²) in [5, 5.41) is 33.9. The van der Waals surface area contributed by atoms with E-state index in [4.69, 9.17) is 0 Å². The Morgan fingerprint density at radius 2 is 1.54 bits per heavy atom. The van der Waals surface area contributed by atoms with Crippen LogP contribution in [0.3, 0.4) is 0 Å². The van der Waals surface area contributed by atoms with Crippen LogP contribution in [-0.2, 0) is 9.84 Å². The molecule has 0 amide bonds. The van der Waals surface area contributed by atoms with Crippen molar-refractivity contribution < 1.29 is 23.2 Å². The van der Waals surface area contributed by atoms with Gasteiger partial charge < -0.3 is 0 Å². The van der Waals surface area contributed by atoms with Crippen molar-refractivity contribution in [1.29, 1.82) is 0 Å². The van der Waals surface area contributed by atoms with Gasteiger partial charge in [-0.25, -0.2) is 8.42 Å². The Kier molecular flexibility index (Phi) is 4.10. The second-order valence-electron chi connectivity index (χ2n) is 5.18. The predicted octanol–water partition coefficient (Wildman–Crippen LogP) is 0.957. The van der Waals surface area contributed by atoms with Crippen molar-refractivity contribution in [3.63, 3.8) is 0 Å². The van der Waals surface area contributed by atoms with Crippen LogP contribution >= 0.6 is 0 Å². The summed E-state index contributed by atoms with van der Waals surface area (Å²) in [7, 11) is -4.57. The minimum Gasteiger partial charge on any atom is -0.263 e. The lowest BCUT2D eigenvalue weighted by Gasteiger charge is -2.12. The molecule has 1 aromatic carbocycles. The van der Waals surface area contributed by atoms with E-state index in [0.717, 1.165) is 6.92 Å². The van der Waals surface area contributed by atoms with E-state index in [-0.39, 0.29) is 5.56 Å². The third-order valence-corrected chi connectivity index (χ3v) is 5.86. The zero-order chi connectivity index (χ0) is 18.3. The number of hydrogen-bond acceptors (Lipinski definition) is 8. The second-order valence-corrected chi connectivity index (χ2v) is 7.14. The number of nitro groups is 3. The molecule has 1 atom stereocenters. The molecule has 1 aromatic rings. The van der Waals surface area contributed by atoms with Gasteiger partial charge in [-0.3, -0.25) is 30.3 Å². The van der Waals surface area contributed by atoms with Crippen molar-refractivity contribution in [2.45, 2.75) is 18.6 Å². The largest absolute Gasteiger partial charge is 0.495 e. The molecule has 0 radical (unpaired) electrons. The monoisotopic (exact) mass is 357 g/mol. The average molecular weight is 357 g/mol. The topological polar surface area (TPSA) is 164 Å². The van der Waals surface area contributed by atoms with Crippen molar-refractivity contribution >= 4 is 9.84 Å². The molecule has 0 saturated heterocycles. The molecule has 1 heterocycles. The highest BCUT2D eigenvalue weighted by Crippen LogP contribution is 2.43. The molecule has 0 N–H and O–H groups in total. The molecule has 0 fully saturated rings. The van der Waals surface area contributed by atoms with E-state index in [2.05, 4.69) is 0 Å². The molecular weight excluding hydrogens is 346 g/mol. The summed E-state index contributed by atoms with van der Waals surface area (Å²) in [6.45, 7) is 0.880. The molecule has 0 aliphatic carbocycles. The SMILES string of the molecule is CC1=C(C(c2ccccc2)[N+](=O)[O-])S(=O)(=O)CC1([N+](=O)[O-])[N+](=O)[O-]. The Morgan fingerprint density at radius 1 is 1.04 bits per heavy atom. The van der Waals surface area contributed by atoms with Crippen LogP contribution in [0, 0.1) is 30.3 Å². The Morgan fingerprint density at radius 3 is 1.92 bits per heavy atom. The summed E-state index contributed by atoms with van der Waals surface area (Å²) in [5.74, 6) is -1.45. The molecule has 2 rings (SSSR count). The molecule has 1 unspecified atom stereocenters. The van der Waals surface area contributed by atoms with Gasteiger partial charge >= 0.3 is 5.66 Å². The van der Waals surface area contributed by atoms with Crippen LogP contribution in [0.5, 0.6) is 0 Å². The molecule has 0 spiro atoms. The summed E-state index contributed by atoms with van der Waals surface area (Å²) >= 11 is 0. The highest BCUT2D eigenvalue weighted by molar-refractivity contribution is 7.95. The maximum atomic E-state index is 12.3. The van der Waals surface area contributed by atoms with Gasteiger partial charge in [-0.15, -0.1) is 0 Å². The smallest absolute Gasteiger partial charge is 0.263 e. The molecule has 24 heavy (non-hydrogen) atoms. The minimum absolute atomic E-state index is 0.0390. The summed E-state index contributed by atoms with van der Waals surface area (Å²) < 4.78 is 24.7. The van der Waals surface area contributed by atoms with Gasteiger partial charge in [0.25, 0.3) is 6.04 Å². The van der Waals surface area contributed by atoms with Gasteiger partial charge in [0.15, 0.2) is 9.84 Å². The van der Waals surface area contributed by atoms with E-state index < -0.39 is 52.5 Å². The fraction of sp³-hybridized carbons (Fsp3) is 0.333. The zero-order valence-electron chi connectivity index (χ0n) is 12.2. The van der Waals surface area contributed by atoms with Crippen LogP contribution in [0.15, 0.2) is 40.8 Å². The second kappa shape index (κ2) is 5.63. The summed E-state index contributed by atoms with van der Waals surface area (Å²) in [4.78, 5) is 29.4. The highest BCUT2D eigenvalue weighted by Gasteiger charge is 2.70. The lowest BCUT2D eigenvalue weighted by atomic mass is 9.98. The Hall–Kier alpha value is -2.89. The number of sulfone groups is 1. The maximum Gasteiger partial charge on any atom is 0.495 e. The van der Waals surface area contributed by atoms with Crippen LogP contribution in [0.1, 0.15) is 18.5 Å². The van der Waals surface area contributed by atoms with Gasteiger partial charge in [-0.2, -0.15) is 0 Å².